The summed E-state index contributed by atoms with van der Waals surface area (Å²) in [5, 5.41) is 12.0. The van der Waals surface area contributed by atoms with E-state index >= 15 is 0 Å². The number of aromatic nitrogens is 1. The lowest BCUT2D eigenvalue weighted by molar-refractivity contribution is -0.243. The van der Waals surface area contributed by atoms with E-state index in [2.05, 4.69) is 11.6 Å². The second-order valence-electron chi connectivity index (χ2n) is 3.84. The minimum absolute atomic E-state index is 0.241. The first-order valence-corrected chi connectivity index (χ1v) is 5.30. The van der Waals surface area contributed by atoms with Gasteiger partial charge in [0.25, 0.3) is 0 Å². The van der Waals surface area contributed by atoms with Gasteiger partial charge in [-0.15, -0.1) is 12.3 Å². The highest BCUT2D eigenvalue weighted by molar-refractivity contribution is 5.84. The van der Waals surface area contributed by atoms with Crippen LogP contribution in [0.2, 0.25) is 0 Å². The highest BCUT2D eigenvalue weighted by Crippen LogP contribution is 2.34. The lowest BCUT2D eigenvalue weighted by Crippen LogP contribution is -2.15. The SMILES string of the molecule is C=C([O-])c1cnc2cc3c(cc2c1)OCCO3. The van der Waals surface area contributed by atoms with Gasteiger partial charge >= 0.3 is 0 Å². The fourth-order valence-corrected chi connectivity index (χ4v) is 1.82. The molecular weight excluding hydrogens is 218 g/mol. The van der Waals surface area contributed by atoms with Crippen molar-refractivity contribution in [3.8, 4) is 11.5 Å². The van der Waals surface area contributed by atoms with Crippen LogP contribution in [-0.2, 0) is 0 Å². The van der Waals surface area contributed by atoms with E-state index in [0.717, 1.165) is 10.9 Å². The molecular formula is C13H10NO3-. The van der Waals surface area contributed by atoms with E-state index in [0.29, 0.717) is 30.3 Å². The van der Waals surface area contributed by atoms with Gasteiger partial charge in [0, 0.05) is 17.6 Å². The standard InChI is InChI=1S/C13H11NO3/c1-8(15)10-4-9-5-12-13(17-3-2-16-12)6-11(9)14-7-10/h4-7,15H,1-3H2/p-1. The molecule has 1 aliphatic rings. The van der Waals surface area contributed by atoms with E-state index < -0.39 is 0 Å². The summed E-state index contributed by atoms with van der Waals surface area (Å²) in [6.07, 6.45) is 1.52. The Labute approximate surface area is 98.1 Å². The summed E-state index contributed by atoms with van der Waals surface area (Å²) in [4.78, 5) is 4.21. The Hall–Kier alpha value is -2.23. The van der Waals surface area contributed by atoms with Crippen LogP contribution in [0.1, 0.15) is 5.56 Å². The van der Waals surface area contributed by atoms with Crippen LogP contribution < -0.4 is 14.6 Å². The number of hydrogen-bond donors (Lipinski definition) is 0. The number of benzene rings is 1. The number of fused-ring (bicyclic) bond motifs is 2. The maximum absolute atomic E-state index is 11.2. The van der Waals surface area contributed by atoms with Gasteiger partial charge in [-0.3, -0.25) is 4.98 Å². The van der Waals surface area contributed by atoms with E-state index in [9.17, 15) is 5.11 Å². The fourth-order valence-electron chi connectivity index (χ4n) is 1.82. The normalized spacial score (nSPS) is 13.6. The maximum Gasteiger partial charge on any atom is 0.163 e. The highest BCUT2D eigenvalue weighted by atomic mass is 16.6. The highest BCUT2D eigenvalue weighted by Gasteiger charge is 2.12. The van der Waals surface area contributed by atoms with E-state index in [4.69, 9.17) is 9.47 Å². The van der Waals surface area contributed by atoms with E-state index in [-0.39, 0.29) is 5.76 Å². The Morgan fingerprint density at radius 1 is 1.18 bits per heavy atom. The molecule has 2 aromatic rings. The summed E-state index contributed by atoms with van der Waals surface area (Å²) in [7, 11) is 0. The van der Waals surface area contributed by atoms with Crippen LogP contribution in [0.4, 0.5) is 0 Å². The van der Waals surface area contributed by atoms with E-state index in [1.54, 1.807) is 6.07 Å². The third-order valence-corrected chi connectivity index (χ3v) is 2.67. The van der Waals surface area contributed by atoms with Crippen LogP contribution in [0.25, 0.3) is 16.7 Å². The van der Waals surface area contributed by atoms with Gasteiger partial charge < -0.3 is 14.6 Å². The average molecular weight is 228 g/mol. The van der Waals surface area contributed by atoms with Gasteiger partial charge in [0.15, 0.2) is 11.5 Å². The fraction of sp³-hybridized carbons (Fsp3) is 0.154. The second-order valence-corrected chi connectivity index (χ2v) is 3.84. The van der Waals surface area contributed by atoms with Gasteiger partial charge in [0.05, 0.1) is 5.52 Å². The molecule has 2 heterocycles. The Morgan fingerprint density at radius 2 is 1.88 bits per heavy atom. The van der Waals surface area contributed by atoms with Crippen molar-refractivity contribution in [2.45, 2.75) is 0 Å². The molecule has 0 unspecified atom stereocenters. The molecule has 0 fully saturated rings. The number of hydrogen-bond acceptors (Lipinski definition) is 4. The van der Waals surface area contributed by atoms with Gasteiger partial charge in [0.1, 0.15) is 13.2 Å². The quantitative estimate of drug-likeness (QED) is 0.691. The van der Waals surface area contributed by atoms with Crippen LogP contribution in [-0.4, -0.2) is 18.2 Å². The van der Waals surface area contributed by atoms with Crippen molar-refractivity contribution in [1.82, 2.24) is 4.98 Å². The zero-order chi connectivity index (χ0) is 11.8. The van der Waals surface area contributed by atoms with Crippen molar-refractivity contribution in [3.05, 3.63) is 36.5 Å². The van der Waals surface area contributed by atoms with Crippen LogP contribution in [0.5, 0.6) is 11.5 Å². The molecule has 0 amide bonds. The Bertz CT molecular complexity index is 607. The Morgan fingerprint density at radius 3 is 2.59 bits per heavy atom. The van der Waals surface area contributed by atoms with Crippen LogP contribution in [0, 0.1) is 0 Å². The third-order valence-electron chi connectivity index (χ3n) is 2.67. The number of nitrogens with zero attached hydrogens (tertiary/aromatic N) is 1. The molecule has 3 rings (SSSR count). The summed E-state index contributed by atoms with van der Waals surface area (Å²) >= 11 is 0. The van der Waals surface area contributed by atoms with Crippen molar-refractivity contribution >= 4 is 16.7 Å². The smallest absolute Gasteiger partial charge is 0.163 e. The minimum Gasteiger partial charge on any atom is -0.872 e. The average Bonchev–Trinajstić information content (AvgIpc) is 2.35. The molecule has 0 atom stereocenters. The van der Waals surface area contributed by atoms with Crippen molar-refractivity contribution in [3.63, 3.8) is 0 Å². The summed E-state index contributed by atoms with van der Waals surface area (Å²) in [6.45, 7) is 4.46. The first-order valence-electron chi connectivity index (χ1n) is 5.30. The Kier molecular flexibility index (Phi) is 2.14. The number of pyridine rings is 1. The van der Waals surface area contributed by atoms with Crippen molar-refractivity contribution in [1.29, 1.82) is 0 Å². The molecule has 1 aromatic carbocycles. The predicted molar refractivity (Wildman–Crippen MR) is 61.8 cm³/mol. The molecule has 1 aliphatic heterocycles. The third kappa shape index (κ3) is 1.67. The number of rotatable bonds is 1. The lowest BCUT2D eigenvalue weighted by atomic mass is 10.1. The van der Waals surface area contributed by atoms with Crippen molar-refractivity contribution in [2.75, 3.05) is 13.2 Å². The topological polar surface area (TPSA) is 54.4 Å². The van der Waals surface area contributed by atoms with Gasteiger partial charge in [0.2, 0.25) is 0 Å². The van der Waals surface area contributed by atoms with Gasteiger partial charge in [-0.1, -0.05) is 0 Å². The molecule has 86 valence electrons. The summed E-state index contributed by atoms with van der Waals surface area (Å²) in [5.41, 5.74) is 1.27. The molecule has 4 nitrogen and oxygen atoms in total. The zero-order valence-corrected chi connectivity index (χ0v) is 9.10. The van der Waals surface area contributed by atoms with Crippen LogP contribution in [0.3, 0.4) is 0 Å². The summed E-state index contributed by atoms with van der Waals surface area (Å²) in [6, 6.07) is 5.42. The molecule has 0 aliphatic carbocycles. The molecule has 1 aromatic heterocycles. The first-order chi connectivity index (χ1) is 8.24. The van der Waals surface area contributed by atoms with Crippen LogP contribution in [0.15, 0.2) is 31.0 Å². The monoisotopic (exact) mass is 228 g/mol. The molecule has 0 bridgehead atoms. The molecule has 4 heteroatoms. The predicted octanol–water partition coefficient (Wildman–Crippen LogP) is 1.34. The van der Waals surface area contributed by atoms with Gasteiger partial charge in [-0.05, 0) is 17.7 Å². The minimum atomic E-state index is -0.241. The summed E-state index contributed by atoms with van der Waals surface area (Å²) in [5.74, 6) is 1.15. The zero-order valence-electron chi connectivity index (χ0n) is 9.10. The van der Waals surface area contributed by atoms with E-state index in [1.165, 1.54) is 6.20 Å². The van der Waals surface area contributed by atoms with Crippen molar-refractivity contribution < 1.29 is 14.6 Å². The molecule has 0 radical (unpaired) electrons. The second kappa shape index (κ2) is 3.66. The van der Waals surface area contributed by atoms with Gasteiger partial charge in [-0.25, -0.2) is 0 Å². The molecule has 0 N–H and O–H groups in total. The molecule has 0 saturated heterocycles. The number of ether oxygens (including phenoxy) is 2. The molecule has 0 saturated carbocycles. The van der Waals surface area contributed by atoms with Gasteiger partial charge in [-0.2, -0.15) is 0 Å². The first kappa shape index (κ1) is 9.96. The van der Waals surface area contributed by atoms with Crippen molar-refractivity contribution in [2.24, 2.45) is 0 Å². The lowest BCUT2D eigenvalue weighted by Gasteiger charge is -2.19. The van der Waals surface area contributed by atoms with Crippen LogP contribution >= 0.6 is 0 Å². The molecule has 17 heavy (non-hydrogen) atoms. The largest absolute Gasteiger partial charge is 0.872 e. The summed E-state index contributed by atoms with van der Waals surface area (Å²) < 4.78 is 10.9. The molecule has 0 spiro atoms. The Balaban J connectivity index is 2.20. The maximum atomic E-state index is 11.2. The van der Waals surface area contributed by atoms with E-state index in [1.807, 2.05) is 12.1 Å².